The summed E-state index contributed by atoms with van der Waals surface area (Å²) in [7, 11) is 0. The predicted molar refractivity (Wildman–Crippen MR) is 97.1 cm³/mol. The second kappa shape index (κ2) is 6.01. The highest BCUT2D eigenvalue weighted by Crippen LogP contribution is 2.26. The molecule has 1 atom stereocenters. The molecule has 0 bridgehead atoms. The summed E-state index contributed by atoms with van der Waals surface area (Å²) in [6.07, 6.45) is 1.19. The molecule has 0 saturated heterocycles. The number of halogens is 1. The fraction of sp³-hybridized carbons (Fsp3) is 0.250. The van der Waals surface area contributed by atoms with Gasteiger partial charge in [0.25, 0.3) is 0 Å². The van der Waals surface area contributed by atoms with Gasteiger partial charge in [-0.25, -0.2) is 9.37 Å². The van der Waals surface area contributed by atoms with Gasteiger partial charge in [0.15, 0.2) is 0 Å². The van der Waals surface area contributed by atoms with Crippen LogP contribution in [0.25, 0.3) is 21.9 Å². The van der Waals surface area contributed by atoms with Crippen molar-refractivity contribution in [1.82, 2.24) is 14.1 Å². The maximum atomic E-state index is 13.6. The zero-order chi connectivity index (χ0) is 17.6. The number of para-hydroxylation sites is 2. The van der Waals surface area contributed by atoms with Crippen LogP contribution in [0, 0.1) is 19.7 Å². The Hall–Kier alpha value is -2.66. The Morgan fingerprint density at radius 1 is 1.08 bits per heavy atom. The smallest absolute Gasteiger partial charge is 0.123 e. The monoisotopic (exact) mass is 337 g/mol. The van der Waals surface area contributed by atoms with Crippen molar-refractivity contribution in [2.75, 3.05) is 0 Å². The van der Waals surface area contributed by atoms with E-state index in [0.717, 1.165) is 33.2 Å². The van der Waals surface area contributed by atoms with Gasteiger partial charge >= 0.3 is 0 Å². The van der Waals surface area contributed by atoms with E-state index < -0.39 is 6.10 Å². The second-order valence-corrected chi connectivity index (χ2v) is 6.52. The Labute approximate surface area is 145 Å². The molecule has 128 valence electrons. The Kier molecular flexibility index (Phi) is 3.81. The lowest BCUT2D eigenvalue weighted by molar-refractivity contribution is 0.136. The van der Waals surface area contributed by atoms with E-state index in [2.05, 4.69) is 9.55 Å². The van der Waals surface area contributed by atoms with Crippen molar-refractivity contribution < 1.29 is 9.50 Å². The Balaban J connectivity index is 1.64. The first-order chi connectivity index (χ1) is 12.0. The fourth-order valence-corrected chi connectivity index (χ4v) is 3.51. The van der Waals surface area contributed by atoms with Crippen LogP contribution >= 0.6 is 0 Å². The van der Waals surface area contributed by atoms with E-state index in [1.807, 2.05) is 42.7 Å². The SMILES string of the molecule is Cc1c(C)n(CC(O)Cn2cnc3ccccc32)c2ccc(F)cc12. The maximum absolute atomic E-state index is 13.6. The Bertz CT molecular complexity index is 1060. The number of aromatic nitrogens is 3. The standard InChI is InChI=1S/C20H20FN3O/c1-13-14(2)24(19-8-7-15(21)9-17(13)19)11-16(25)10-23-12-22-18-5-3-4-6-20(18)23/h3-9,12,16,25H,10-11H2,1-2H3. The van der Waals surface area contributed by atoms with Crippen molar-refractivity contribution in [3.63, 3.8) is 0 Å². The highest BCUT2D eigenvalue weighted by molar-refractivity contribution is 5.85. The van der Waals surface area contributed by atoms with Gasteiger partial charge in [-0.05, 0) is 49.7 Å². The third-order valence-corrected chi connectivity index (χ3v) is 4.93. The molecule has 2 heterocycles. The molecule has 2 aromatic carbocycles. The summed E-state index contributed by atoms with van der Waals surface area (Å²) in [5, 5.41) is 11.5. The number of hydrogen-bond acceptors (Lipinski definition) is 2. The molecule has 4 nitrogen and oxygen atoms in total. The van der Waals surface area contributed by atoms with Gasteiger partial charge < -0.3 is 14.2 Å². The van der Waals surface area contributed by atoms with Gasteiger partial charge in [0.1, 0.15) is 5.82 Å². The third kappa shape index (κ3) is 2.70. The van der Waals surface area contributed by atoms with Crippen LogP contribution in [-0.4, -0.2) is 25.3 Å². The maximum Gasteiger partial charge on any atom is 0.123 e. The molecule has 0 saturated carbocycles. The quantitative estimate of drug-likeness (QED) is 0.615. The lowest BCUT2D eigenvalue weighted by atomic mass is 10.1. The molecule has 0 fully saturated rings. The number of fused-ring (bicyclic) bond motifs is 2. The minimum absolute atomic E-state index is 0.238. The van der Waals surface area contributed by atoms with E-state index in [1.165, 1.54) is 6.07 Å². The first kappa shape index (κ1) is 15.8. The van der Waals surface area contributed by atoms with Gasteiger partial charge in [-0.1, -0.05) is 12.1 Å². The van der Waals surface area contributed by atoms with Gasteiger partial charge in [0.05, 0.1) is 36.6 Å². The van der Waals surface area contributed by atoms with Gasteiger partial charge in [-0.2, -0.15) is 0 Å². The first-order valence-corrected chi connectivity index (χ1v) is 8.37. The van der Waals surface area contributed by atoms with Crippen LogP contribution in [0.15, 0.2) is 48.8 Å². The molecule has 0 amide bonds. The summed E-state index contributed by atoms with van der Waals surface area (Å²) < 4.78 is 17.6. The summed E-state index contributed by atoms with van der Waals surface area (Å²) in [4.78, 5) is 4.36. The van der Waals surface area contributed by atoms with Crippen molar-refractivity contribution >= 4 is 21.9 Å². The summed E-state index contributed by atoms with van der Waals surface area (Å²) >= 11 is 0. The van der Waals surface area contributed by atoms with Crippen molar-refractivity contribution in [3.05, 3.63) is 65.9 Å². The number of aryl methyl sites for hydroxylation is 1. The molecule has 5 heteroatoms. The molecule has 1 unspecified atom stereocenters. The molecule has 2 aromatic heterocycles. The Morgan fingerprint density at radius 3 is 2.72 bits per heavy atom. The van der Waals surface area contributed by atoms with E-state index in [1.54, 1.807) is 18.5 Å². The van der Waals surface area contributed by atoms with Gasteiger partial charge in [0, 0.05) is 16.6 Å². The normalized spacial score (nSPS) is 13.0. The fourth-order valence-electron chi connectivity index (χ4n) is 3.51. The highest BCUT2D eigenvalue weighted by atomic mass is 19.1. The lowest BCUT2D eigenvalue weighted by Crippen LogP contribution is -2.22. The molecule has 0 spiro atoms. The Morgan fingerprint density at radius 2 is 1.88 bits per heavy atom. The number of nitrogens with zero attached hydrogens (tertiary/aromatic N) is 3. The summed E-state index contributed by atoms with van der Waals surface area (Å²) in [6, 6.07) is 12.7. The van der Waals surface area contributed by atoms with Crippen LogP contribution in [0.2, 0.25) is 0 Å². The van der Waals surface area contributed by atoms with E-state index in [4.69, 9.17) is 0 Å². The minimum atomic E-state index is -0.573. The highest BCUT2D eigenvalue weighted by Gasteiger charge is 2.15. The summed E-state index contributed by atoms with van der Waals surface area (Å²) in [5.41, 5.74) is 4.98. The molecule has 0 aliphatic rings. The van der Waals surface area contributed by atoms with Crippen LogP contribution in [-0.2, 0) is 13.1 Å². The molecular formula is C20H20FN3O. The van der Waals surface area contributed by atoms with E-state index >= 15 is 0 Å². The molecule has 0 aliphatic heterocycles. The van der Waals surface area contributed by atoms with Crippen molar-refractivity contribution in [2.45, 2.75) is 33.0 Å². The molecule has 0 radical (unpaired) electrons. The lowest BCUT2D eigenvalue weighted by Gasteiger charge is -2.16. The molecule has 25 heavy (non-hydrogen) atoms. The topological polar surface area (TPSA) is 43.0 Å². The molecule has 4 rings (SSSR count). The summed E-state index contributed by atoms with van der Waals surface area (Å²) in [5.74, 6) is -0.238. The zero-order valence-electron chi connectivity index (χ0n) is 14.3. The van der Waals surface area contributed by atoms with Crippen molar-refractivity contribution in [1.29, 1.82) is 0 Å². The van der Waals surface area contributed by atoms with Crippen LogP contribution in [0.1, 0.15) is 11.3 Å². The molecule has 4 aromatic rings. The minimum Gasteiger partial charge on any atom is -0.389 e. The van der Waals surface area contributed by atoms with Gasteiger partial charge in [-0.15, -0.1) is 0 Å². The van der Waals surface area contributed by atoms with E-state index in [-0.39, 0.29) is 5.82 Å². The second-order valence-electron chi connectivity index (χ2n) is 6.52. The first-order valence-electron chi connectivity index (χ1n) is 8.37. The van der Waals surface area contributed by atoms with E-state index in [9.17, 15) is 9.50 Å². The number of aliphatic hydroxyl groups is 1. The van der Waals surface area contributed by atoms with Crippen LogP contribution in [0.5, 0.6) is 0 Å². The third-order valence-electron chi connectivity index (χ3n) is 4.93. The van der Waals surface area contributed by atoms with Crippen LogP contribution < -0.4 is 0 Å². The van der Waals surface area contributed by atoms with Crippen molar-refractivity contribution in [2.24, 2.45) is 0 Å². The van der Waals surface area contributed by atoms with Crippen LogP contribution in [0.3, 0.4) is 0 Å². The zero-order valence-corrected chi connectivity index (χ0v) is 14.3. The number of hydrogen-bond donors (Lipinski definition) is 1. The molecule has 0 aliphatic carbocycles. The molecule has 1 N–H and O–H groups in total. The molecular weight excluding hydrogens is 317 g/mol. The number of benzene rings is 2. The average Bonchev–Trinajstić information content (AvgIpc) is 3.10. The largest absolute Gasteiger partial charge is 0.389 e. The van der Waals surface area contributed by atoms with Gasteiger partial charge in [-0.3, -0.25) is 0 Å². The number of rotatable bonds is 4. The summed E-state index contributed by atoms with van der Waals surface area (Å²) in [6.45, 7) is 4.91. The van der Waals surface area contributed by atoms with Crippen LogP contribution in [0.4, 0.5) is 4.39 Å². The average molecular weight is 337 g/mol. The predicted octanol–water partition coefficient (Wildman–Crippen LogP) is 3.81. The van der Waals surface area contributed by atoms with Gasteiger partial charge in [0.2, 0.25) is 0 Å². The van der Waals surface area contributed by atoms with E-state index in [0.29, 0.717) is 13.1 Å². The number of aliphatic hydroxyl groups excluding tert-OH is 1. The number of imidazole rings is 1. The van der Waals surface area contributed by atoms with Crippen molar-refractivity contribution in [3.8, 4) is 0 Å².